The molecule has 0 aromatic heterocycles. The van der Waals surface area contributed by atoms with Crippen molar-refractivity contribution >= 4 is 22.3 Å². The van der Waals surface area contributed by atoms with Crippen molar-refractivity contribution in [2.24, 2.45) is 0 Å². The maximum absolute atomic E-state index is 10.9. The third kappa shape index (κ3) is 2.70. The fourth-order valence-corrected chi connectivity index (χ4v) is 1.25. The normalized spacial score (nSPS) is 9.79. The van der Waals surface area contributed by atoms with E-state index in [1.807, 2.05) is 0 Å². The van der Waals surface area contributed by atoms with Gasteiger partial charge >= 0.3 is 0 Å². The van der Waals surface area contributed by atoms with Gasteiger partial charge in [0.1, 0.15) is 0 Å². The number of amides is 1. The molecule has 0 heterocycles. The van der Waals surface area contributed by atoms with Gasteiger partial charge in [-0.1, -0.05) is 6.58 Å². The number of carbonyl (C=O) groups is 1. The standard InChI is InChI=1S/C9H9NO3S/c1-2-9(11)10-7-3-5-8(6-4-7)14(12)13/h2-6,14H,1H2,(H,10,11). The maximum Gasteiger partial charge on any atom is 0.247 e. The first-order valence-electron chi connectivity index (χ1n) is 3.81. The van der Waals surface area contributed by atoms with Gasteiger partial charge in [0.05, 0.1) is 4.90 Å². The van der Waals surface area contributed by atoms with E-state index in [1.165, 1.54) is 24.3 Å². The first kappa shape index (κ1) is 10.5. The fourth-order valence-electron chi connectivity index (χ4n) is 0.860. The van der Waals surface area contributed by atoms with Crippen LogP contribution in [-0.4, -0.2) is 14.3 Å². The first-order valence-corrected chi connectivity index (χ1v) is 4.99. The molecule has 4 nitrogen and oxygen atoms in total. The van der Waals surface area contributed by atoms with Gasteiger partial charge in [0, 0.05) is 5.69 Å². The number of carbonyl (C=O) groups excluding carboxylic acids is 1. The Hall–Kier alpha value is -1.62. The summed E-state index contributed by atoms with van der Waals surface area (Å²) in [6.45, 7) is 3.29. The van der Waals surface area contributed by atoms with Crippen LogP contribution in [0.2, 0.25) is 0 Å². The van der Waals surface area contributed by atoms with Crippen LogP contribution in [-0.2, 0) is 15.5 Å². The average molecular weight is 211 g/mol. The molecule has 0 unspecified atom stereocenters. The van der Waals surface area contributed by atoms with Crippen molar-refractivity contribution in [1.29, 1.82) is 0 Å². The molecule has 14 heavy (non-hydrogen) atoms. The second-order valence-corrected chi connectivity index (χ2v) is 3.53. The van der Waals surface area contributed by atoms with Crippen molar-refractivity contribution in [2.45, 2.75) is 4.90 Å². The molecule has 0 saturated heterocycles. The molecule has 0 aliphatic rings. The van der Waals surface area contributed by atoms with Gasteiger partial charge in [0.2, 0.25) is 5.91 Å². The van der Waals surface area contributed by atoms with Crippen LogP contribution in [0.1, 0.15) is 0 Å². The van der Waals surface area contributed by atoms with Crippen molar-refractivity contribution in [3.63, 3.8) is 0 Å². The molecule has 1 rings (SSSR count). The molecule has 1 N–H and O–H groups in total. The fraction of sp³-hybridized carbons (Fsp3) is 0. The number of hydrogen-bond acceptors (Lipinski definition) is 3. The van der Waals surface area contributed by atoms with Gasteiger partial charge in [0.15, 0.2) is 10.7 Å². The summed E-state index contributed by atoms with van der Waals surface area (Å²) >= 11 is 0. The SMILES string of the molecule is C=CC(=O)Nc1ccc([SH](=O)=O)cc1. The van der Waals surface area contributed by atoms with Crippen LogP contribution in [0, 0.1) is 0 Å². The number of benzene rings is 1. The number of nitrogens with one attached hydrogen (secondary N) is 1. The minimum Gasteiger partial charge on any atom is -0.323 e. The van der Waals surface area contributed by atoms with Crippen molar-refractivity contribution < 1.29 is 13.2 Å². The van der Waals surface area contributed by atoms with E-state index >= 15 is 0 Å². The minimum atomic E-state index is -2.56. The summed E-state index contributed by atoms with van der Waals surface area (Å²) in [5.41, 5.74) is 0.538. The second-order valence-electron chi connectivity index (χ2n) is 2.50. The summed E-state index contributed by atoms with van der Waals surface area (Å²) in [6, 6.07) is 5.87. The van der Waals surface area contributed by atoms with Gasteiger partial charge in [-0.15, -0.1) is 0 Å². The Balaban J connectivity index is 2.83. The Labute approximate surface area is 83.2 Å². The van der Waals surface area contributed by atoms with Gasteiger partial charge in [-0.3, -0.25) is 4.79 Å². The molecule has 74 valence electrons. The lowest BCUT2D eigenvalue weighted by molar-refractivity contribution is -0.111. The predicted octanol–water partition coefficient (Wildman–Crippen LogP) is 0.781. The van der Waals surface area contributed by atoms with E-state index in [4.69, 9.17) is 0 Å². The molecular formula is C9H9NO3S. The molecule has 5 heteroatoms. The minimum absolute atomic E-state index is 0.219. The molecule has 0 fully saturated rings. The Morgan fingerprint density at radius 1 is 1.29 bits per heavy atom. The third-order valence-electron chi connectivity index (χ3n) is 1.53. The zero-order valence-electron chi connectivity index (χ0n) is 7.27. The topological polar surface area (TPSA) is 63.2 Å². The van der Waals surface area contributed by atoms with Gasteiger partial charge in [-0.05, 0) is 30.3 Å². The predicted molar refractivity (Wildman–Crippen MR) is 53.8 cm³/mol. The third-order valence-corrected chi connectivity index (χ3v) is 2.25. The van der Waals surface area contributed by atoms with Crippen LogP contribution in [0.3, 0.4) is 0 Å². The highest BCUT2D eigenvalue weighted by Crippen LogP contribution is 2.10. The van der Waals surface area contributed by atoms with Gasteiger partial charge in [-0.2, -0.15) is 0 Å². The zero-order valence-corrected chi connectivity index (χ0v) is 8.16. The summed E-state index contributed by atoms with van der Waals surface area (Å²) in [6.07, 6.45) is 1.14. The van der Waals surface area contributed by atoms with Gasteiger partial charge < -0.3 is 5.32 Å². The van der Waals surface area contributed by atoms with Crippen molar-refractivity contribution in [3.05, 3.63) is 36.9 Å². The van der Waals surface area contributed by atoms with Gasteiger partial charge in [0.25, 0.3) is 0 Å². The Morgan fingerprint density at radius 2 is 1.86 bits per heavy atom. The lowest BCUT2D eigenvalue weighted by atomic mass is 10.3. The van der Waals surface area contributed by atoms with Crippen molar-refractivity contribution in [2.75, 3.05) is 5.32 Å². The molecule has 0 aliphatic carbocycles. The summed E-state index contributed by atoms with van der Waals surface area (Å²) in [7, 11) is -2.56. The average Bonchev–Trinajstić information content (AvgIpc) is 2.18. The van der Waals surface area contributed by atoms with Crippen LogP contribution in [0.15, 0.2) is 41.8 Å². The van der Waals surface area contributed by atoms with E-state index in [-0.39, 0.29) is 10.8 Å². The van der Waals surface area contributed by atoms with Crippen LogP contribution >= 0.6 is 0 Å². The highest BCUT2D eigenvalue weighted by Gasteiger charge is 1.97. The molecule has 0 atom stereocenters. The second kappa shape index (κ2) is 4.57. The summed E-state index contributed by atoms with van der Waals surface area (Å²) in [5, 5.41) is 2.50. The highest BCUT2D eigenvalue weighted by atomic mass is 32.2. The molecule has 1 aromatic carbocycles. The molecule has 0 bridgehead atoms. The van der Waals surface area contributed by atoms with Crippen molar-refractivity contribution in [1.82, 2.24) is 0 Å². The Bertz CT molecular complexity index is 412. The lowest BCUT2D eigenvalue weighted by Gasteiger charge is -2.00. The quantitative estimate of drug-likeness (QED) is 0.573. The number of thiol groups is 1. The van der Waals surface area contributed by atoms with E-state index in [0.717, 1.165) is 6.08 Å². The largest absolute Gasteiger partial charge is 0.323 e. The maximum atomic E-state index is 10.9. The first-order chi connectivity index (χ1) is 6.63. The van der Waals surface area contributed by atoms with E-state index in [1.54, 1.807) is 0 Å². The summed E-state index contributed by atoms with van der Waals surface area (Å²) < 4.78 is 21.0. The Morgan fingerprint density at radius 3 is 2.29 bits per heavy atom. The molecule has 1 amide bonds. The summed E-state index contributed by atoms with van der Waals surface area (Å²) in [4.78, 5) is 11.1. The van der Waals surface area contributed by atoms with Crippen molar-refractivity contribution in [3.8, 4) is 0 Å². The zero-order chi connectivity index (χ0) is 10.6. The molecule has 1 aromatic rings. The van der Waals surface area contributed by atoms with E-state index in [2.05, 4.69) is 11.9 Å². The number of rotatable bonds is 3. The monoisotopic (exact) mass is 211 g/mol. The van der Waals surface area contributed by atoms with Crippen LogP contribution in [0.5, 0.6) is 0 Å². The number of anilines is 1. The number of hydrogen-bond donors (Lipinski definition) is 2. The van der Waals surface area contributed by atoms with E-state index in [9.17, 15) is 13.2 Å². The lowest BCUT2D eigenvalue weighted by Crippen LogP contribution is -2.06. The molecule has 0 spiro atoms. The highest BCUT2D eigenvalue weighted by molar-refractivity contribution is 7.72. The van der Waals surface area contributed by atoms with E-state index < -0.39 is 10.7 Å². The van der Waals surface area contributed by atoms with Crippen LogP contribution in [0.4, 0.5) is 5.69 Å². The Kier molecular flexibility index (Phi) is 3.41. The molecule has 0 radical (unpaired) electrons. The molecule has 0 saturated carbocycles. The van der Waals surface area contributed by atoms with Crippen LogP contribution < -0.4 is 5.32 Å². The summed E-state index contributed by atoms with van der Waals surface area (Å²) in [5.74, 6) is -0.329. The smallest absolute Gasteiger partial charge is 0.247 e. The van der Waals surface area contributed by atoms with Gasteiger partial charge in [-0.25, -0.2) is 8.42 Å². The molecular weight excluding hydrogens is 202 g/mol. The van der Waals surface area contributed by atoms with Crippen LogP contribution in [0.25, 0.3) is 0 Å². The molecule has 0 aliphatic heterocycles. The van der Waals surface area contributed by atoms with E-state index in [0.29, 0.717) is 5.69 Å².